The average Bonchev–Trinajstić information content (AvgIpc) is 3.42. The number of rotatable bonds is 3. The molecule has 0 atom stereocenters. The minimum atomic E-state index is -0.0805. The summed E-state index contributed by atoms with van der Waals surface area (Å²) in [6.45, 7) is 6.48. The lowest BCUT2D eigenvalue weighted by atomic mass is 10.2. The quantitative estimate of drug-likeness (QED) is 0.524. The Kier molecular flexibility index (Phi) is 4.46. The molecule has 0 radical (unpaired) electrons. The van der Waals surface area contributed by atoms with Crippen LogP contribution in [0.15, 0.2) is 53.1 Å². The second-order valence-electron chi connectivity index (χ2n) is 7.45. The van der Waals surface area contributed by atoms with Gasteiger partial charge in [-0.05, 0) is 44.2 Å². The first-order valence-corrected chi connectivity index (χ1v) is 9.98. The molecule has 3 aromatic heterocycles. The standard InChI is InChI=1S/C22H22N6O2/c1-15-14-16(2)28(25-15)21-20(23-17-6-3-4-7-18(17)24-21)26-9-11-27(12-10-26)22(29)19-8-5-13-30-19/h3-8,13-14H,9-12H2,1-2H3. The number of amides is 1. The van der Waals surface area contributed by atoms with Gasteiger partial charge in [0.1, 0.15) is 0 Å². The van der Waals surface area contributed by atoms with Crippen LogP contribution in [-0.2, 0) is 0 Å². The number of hydrogen-bond acceptors (Lipinski definition) is 6. The van der Waals surface area contributed by atoms with E-state index in [-0.39, 0.29) is 5.91 Å². The minimum absolute atomic E-state index is 0.0805. The SMILES string of the molecule is Cc1cc(C)n(-c2nc3ccccc3nc2N2CCN(C(=O)c3ccco3)CC2)n1. The van der Waals surface area contributed by atoms with Gasteiger partial charge in [-0.25, -0.2) is 14.6 Å². The van der Waals surface area contributed by atoms with Crippen LogP contribution in [0, 0.1) is 13.8 Å². The summed E-state index contributed by atoms with van der Waals surface area (Å²) in [7, 11) is 0. The van der Waals surface area contributed by atoms with Gasteiger partial charge in [0, 0.05) is 31.9 Å². The van der Waals surface area contributed by atoms with E-state index >= 15 is 0 Å². The highest BCUT2D eigenvalue weighted by molar-refractivity contribution is 5.91. The highest BCUT2D eigenvalue weighted by Crippen LogP contribution is 2.26. The van der Waals surface area contributed by atoms with Gasteiger partial charge < -0.3 is 14.2 Å². The van der Waals surface area contributed by atoms with E-state index in [4.69, 9.17) is 14.4 Å². The van der Waals surface area contributed by atoms with E-state index in [2.05, 4.69) is 10.00 Å². The first-order chi connectivity index (χ1) is 14.6. The Bertz CT molecular complexity index is 1210. The smallest absolute Gasteiger partial charge is 0.289 e. The second kappa shape index (κ2) is 7.29. The van der Waals surface area contributed by atoms with Crippen LogP contribution in [0.3, 0.4) is 0 Å². The van der Waals surface area contributed by atoms with E-state index in [1.54, 1.807) is 12.1 Å². The fraction of sp³-hybridized carbons (Fsp3) is 0.273. The lowest BCUT2D eigenvalue weighted by Gasteiger charge is -2.35. The van der Waals surface area contributed by atoms with Crippen molar-refractivity contribution in [2.75, 3.05) is 31.1 Å². The first-order valence-electron chi connectivity index (χ1n) is 9.98. The lowest BCUT2D eigenvalue weighted by molar-refractivity contribution is 0.0714. The summed E-state index contributed by atoms with van der Waals surface area (Å²) >= 11 is 0. The third-order valence-corrected chi connectivity index (χ3v) is 5.34. The Labute approximate surface area is 173 Å². The van der Waals surface area contributed by atoms with Gasteiger partial charge in [-0.3, -0.25) is 4.79 Å². The molecule has 1 aromatic carbocycles. The molecule has 0 unspecified atom stereocenters. The zero-order valence-electron chi connectivity index (χ0n) is 16.9. The number of anilines is 1. The number of piperazine rings is 1. The van der Waals surface area contributed by atoms with Crippen molar-refractivity contribution in [1.82, 2.24) is 24.6 Å². The van der Waals surface area contributed by atoms with E-state index in [1.807, 2.05) is 53.8 Å². The van der Waals surface area contributed by atoms with Crippen LogP contribution in [-0.4, -0.2) is 56.7 Å². The van der Waals surface area contributed by atoms with E-state index < -0.39 is 0 Å². The summed E-state index contributed by atoms with van der Waals surface area (Å²) in [6, 6.07) is 13.3. The largest absolute Gasteiger partial charge is 0.459 e. The number of aromatic nitrogens is 4. The van der Waals surface area contributed by atoms with Crippen LogP contribution in [0.2, 0.25) is 0 Å². The predicted molar refractivity (Wildman–Crippen MR) is 113 cm³/mol. The second-order valence-corrected chi connectivity index (χ2v) is 7.45. The van der Waals surface area contributed by atoms with Crippen LogP contribution >= 0.6 is 0 Å². The average molecular weight is 402 g/mol. The van der Waals surface area contributed by atoms with Crippen molar-refractivity contribution in [3.63, 3.8) is 0 Å². The van der Waals surface area contributed by atoms with Gasteiger partial charge >= 0.3 is 0 Å². The van der Waals surface area contributed by atoms with Gasteiger partial charge in [-0.2, -0.15) is 5.10 Å². The maximum atomic E-state index is 12.6. The number of carbonyl (C=O) groups is 1. The molecule has 0 bridgehead atoms. The number of carbonyl (C=O) groups excluding carboxylic acids is 1. The number of benzene rings is 1. The van der Waals surface area contributed by atoms with Crippen LogP contribution in [0.25, 0.3) is 16.9 Å². The Morgan fingerprint density at radius 3 is 2.23 bits per heavy atom. The Balaban J connectivity index is 1.49. The third kappa shape index (κ3) is 3.20. The molecular weight excluding hydrogens is 380 g/mol. The zero-order chi connectivity index (χ0) is 20.7. The summed E-state index contributed by atoms with van der Waals surface area (Å²) in [5.74, 6) is 1.79. The summed E-state index contributed by atoms with van der Waals surface area (Å²) < 4.78 is 7.11. The summed E-state index contributed by atoms with van der Waals surface area (Å²) in [5.41, 5.74) is 3.61. The lowest BCUT2D eigenvalue weighted by Crippen LogP contribution is -2.49. The molecule has 4 heterocycles. The molecule has 0 N–H and O–H groups in total. The predicted octanol–water partition coefficient (Wildman–Crippen LogP) is 2.99. The molecule has 0 saturated carbocycles. The van der Waals surface area contributed by atoms with Crippen molar-refractivity contribution in [3.05, 3.63) is 65.9 Å². The summed E-state index contributed by atoms with van der Waals surface area (Å²) in [5, 5.41) is 4.63. The van der Waals surface area contributed by atoms with Crippen molar-refractivity contribution < 1.29 is 9.21 Å². The summed E-state index contributed by atoms with van der Waals surface area (Å²) in [6.07, 6.45) is 1.52. The highest BCUT2D eigenvalue weighted by atomic mass is 16.3. The molecule has 1 fully saturated rings. The van der Waals surface area contributed by atoms with E-state index in [9.17, 15) is 4.79 Å². The number of aryl methyl sites for hydroxylation is 2. The van der Waals surface area contributed by atoms with Gasteiger partial charge in [0.25, 0.3) is 5.91 Å². The molecule has 5 rings (SSSR count). The molecule has 1 amide bonds. The van der Waals surface area contributed by atoms with Crippen LogP contribution < -0.4 is 4.90 Å². The number of para-hydroxylation sites is 2. The molecule has 1 aliphatic heterocycles. The van der Waals surface area contributed by atoms with Gasteiger partial charge in [0.05, 0.1) is 23.0 Å². The molecule has 8 nitrogen and oxygen atoms in total. The van der Waals surface area contributed by atoms with Crippen molar-refractivity contribution in [2.24, 2.45) is 0 Å². The van der Waals surface area contributed by atoms with Crippen molar-refractivity contribution in [2.45, 2.75) is 13.8 Å². The molecule has 1 saturated heterocycles. The Morgan fingerprint density at radius 1 is 0.933 bits per heavy atom. The number of nitrogens with zero attached hydrogens (tertiary/aromatic N) is 6. The molecule has 8 heteroatoms. The Hall–Kier alpha value is -3.68. The molecule has 30 heavy (non-hydrogen) atoms. The maximum absolute atomic E-state index is 12.6. The monoisotopic (exact) mass is 402 g/mol. The van der Waals surface area contributed by atoms with Gasteiger partial charge in [-0.15, -0.1) is 0 Å². The fourth-order valence-corrected chi connectivity index (χ4v) is 3.86. The van der Waals surface area contributed by atoms with E-state index in [0.717, 1.165) is 28.2 Å². The number of hydrogen-bond donors (Lipinski definition) is 0. The van der Waals surface area contributed by atoms with Crippen molar-refractivity contribution in [3.8, 4) is 5.82 Å². The van der Waals surface area contributed by atoms with E-state index in [0.29, 0.717) is 37.8 Å². The molecular formula is C22H22N6O2. The Morgan fingerprint density at radius 2 is 1.63 bits per heavy atom. The van der Waals surface area contributed by atoms with E-state index in [1.165, 1.54) is 6.26 Å². The van der Waals surface area contributed by atoms with Crippen LogP contribution in [0.1, 0.15) is 21.9 Å². The van der Waals surface area contributed by atoms with Gasteiger partial charge in [-0.1, -0.05) is 12.1 Å². The maximum Gasteiger partial charge on any atom is 0.289 e. The topological polar surface area (TPSA) is 80.3 Å². The molecule has 152 valence electrons. The van der Waals surface area contributed by atoms with Crippen molar-refractivity contribution in [1.29, 1.82) is 0 Å². The van der Waals surface area contributed by atoms with Crippen molar-refractivity contribution >= 4 is 22.8 Å². The number of furan rings is 1. The minimum Gasteiger partial charge on any atom is -0.459 e. The molecule has 1 aliphatic rings. The first kappa shape index (κ1) is 18.4. The third-order valence-electron chi connectivity index (χ3n) is 5.34. The highest BCUT2D eigenvalue weighted by Gasteiger charge is 2.27. The zero-order valence-corrected chi connectivity index (χ0v) is 16.9. The van der Waals surface area contributed by atoms with Gasteiger partial charge in [0.2, 0.25) is 0 Å². The molecule has 0 aliphatic carbocycles. The molecule has 4 aromatic rings. The molecule has 0 spiro atoms. The van der Waals surface area contributed by atoms with Crippen LogP contribution in [0.5, 0.6) is 0 Å². The number of fused-ring (bicyclic) bond motifs is 1. The van der Waals surface area contributed by atoms with Crippen LogP contribution in [0.4, 0.5) is 5.82 Å². The summed E-state index contributed by atoms with van der Waals surface area (Å²) in [4.78, 5) is 26.4. The van der Waals surface area contributed by atoms with Gasteiger partial charge in [0.15, 0.2) is 17.4 Å². The fourth-order valence-electron chi connectivity index (χ4n) is 3.86. The normalized spacial score (nSPS) is 14.5.